The van der Waals surface area contributed by atoms with Gasteiger partial charge < -0.3 is 4.74 Å². The summed E-state index contributed by atoms with van der Waals surface area (Å²) in [6, 6.07) is 17.3. The second-order valence-corrected chi connectivity index (χ2v) is 11.6. The van der Waals surface area contributed by atoms with E-state index in [-0.39, 0.29) is 26.6 Å². The number of halogens is 6. The van der Waals surface area contributed by atoms with Crippen molar-refractivity contribution in [1.29, 1.82) is 0 Å². The normalized spacial score (nSPS) is 17.5. The Bertz CT molecular complexity index is 1600. The lowest BCUT2D eigenvalue weighted by molar-refractivity contribution is -0.254. The van der Waals surface area contributed by atoms with E-state index in [1.165, 1.54) is 45.0 Å². The highest BCUT2D eigenvalue weighted by Crippen LogP contribution is 2.66. The Labute approximate surface area is 228 Å². The Morgan fingerprint density at radius 2 is 1.13 bits per heavy atom. The van der Waals surface area contributed by atoms with Crippen LogP contribution < -0.4 is 4.74 Å². The van der Waals surface area contributed by atoms with Gasteiger partial charge in [0.15, 0.2) is 0 Å². The van der Waals surface area contributed by atoms with Crippen molar-refractivity contribution in [1.82, 2.24) is 0 Å². The van der Waals surface area contributed by atoms with Crippen LogP contribution >= 0.6 is 22.7 Å². The molecule has 0 bridgehead atoms. The van der Waals surface area contributed by atoms with E-state index in [0.717, 1.165) is 22.7 Å². The predicted octanol–water partition coefficient (Wildman–Crippen LogP) is 9.52. The summed E-state index contributed by atoms with van der Waals surface area (Å²) in [6.07, 6.45) is 0. The zero-order valence-corrected chi connectivity index (χ0v) is 22.4. The third-order valence-electron chi connectivity index (χ3n) is 6.50. The third kappa shape index (κ3) is 4.30. The molecule has 1 aliphatic rings. The molecule has 0 unspecified atom stereocenters. The molecule has 0 saturated heterocycles. The highest BCUT2D eigenvalue weighted by atomic mass is 32.1. The maximum absolute atomic E-state index is 15.4. The number of rotatable bonds is 5. The van der Waals surface area contributed by atoms with Crippen molar-refractivity contribution in [3.8, 4) is 26.6 Å². The maximum atomic E-state index is 15.4. The summed E-state index contributed by atoms with van der Waals surface area (Å²) in [7, 11) is 0. The Morgan fingerprint density at radius 3 is 1.56 bits per heavy atom. The molecule has 5 rings (SSSR count). The largest absolute Gasteiger partial charge is 0.427 e. The molecule has 0 aliphatic heterocycles. The number of hydrogen-bond acceptors (Lipinski definition) is 4. The molecule has 0 fully saturated rings. The van der Waals surface area contributed by atoms with Gasteiger partial charge in [0.2, 0.25) is 0 Å². The lowest BCUT2D eigenvalue weighted by Gasteiger charge is -2.25. The Kier molecular flexibility index (Phi) is 6.54. The average Bonchev–Trinajstić information content (AvgIpc) is 3.47. The molecule has 2 heterocycles. The summed E-state index contributed by atoms with van der Waals surface area (Å²) in [6.45, 7) is 4.12. The topological polar surface area (TPSA) is 26.3 Å². The quantitative estimate of drug-likeness (QED) is 0.134. The molecule has 10 heteroatoms. The SMILES string of the molecule is CC(=O)Oc1ccc(-c2cc(C3=C(c4cc(-c5ccccc5)sc4C)C(F)(F)C(F)(F)C3(F)F)c(C)s2)cc1. The molecule has 2 aromatic carbocycles. The van der Waals surface area contributed by atoms with Gasteiger partial charge in [-0.05, 0) is 72.5 Å². The lowest BCUT2D eigenvalue weighted by atomic mass is 9.94. The minimum Gasteiger partial charge on any atom is -0.427 e. The molecule has 2 aromatic heterocycles. The van der Waals surface area contributed by atoms with Crippen LogP contribution in [0.25, 0.3) is 32.0 Å². The smallest absolute Gasteiger partial charge is 0.380 e. The van der Waals surface area contributed by atoms with E-state index in [2.05, 4.69) is 0 Å². The zero-order valence-electron chi connectivity index (χ0n) is 20.8. The van der Waals surface area contributed by atoms with Crippen LogP contribution in [0.15, 0.2) is 66.7 Å². The van der Waals surface area contributed by atoms with Gasteiger partial charge >= 0.3 is 23.7 Å². The molecule has 0 radical (unpaired) electrons. The summed E-state index contributed by atoms with van der Waals surface area (Å²) >= 11 is 2.09. The van der Waals surface area contributed by atoms with Crippen LogP contribution in [0.5, 0.6) is 5.75 Å². The number of carbonyl (C=O) groups excluding carboxylic acids is 1. The maximum Gasteiger partial charge on any atom is 0.380 e. The highest BCUT2D eigenvalue weighted by Gasteiger charge is 2.80. The van der Waals surface area contributed by atoms with E-state index in [0.29, 0.717) is 20.9 Å². The first-order valence-electron chi connectivity index (χ1n) is 11.7. The van der Waals surface area contributed by atoms with Gasteiger partial charge in [-0.25, -0.2) is 0 Å². The van der Waals surface area contributed by atoms with E-state index < -0.39 is 34.9 Å². The van der Waals surface area contributed by atoms with E-state index in [9.17, 15) is 13.6 Å². The molecule has 2 nitrogen and oxygen atoms in total. The first-order chi connectivity index (χ1) is 18.3. The Hall–Kier alpha value is -3.37. The van der Waals surface area contributed by atoms with Crippen LogP contribution in [0.2, 0.25) is 0 Å². The number of thiophene rings is 2. The second kappa shape index (κ2) is 9.38. The Balaban J connectivity index is 1.70. The molecule has 0 atom stereocenters. The summed E-state index contributed by atoms with van der Waals surface area (Å²) in [5, 5.41) is 0. The van der Waals surface area contributed by atoms with Gasteiger partial charge in [0.25, 0.3) is 0 Å². The van der Waals surface area contributed by atoms with Crippen molar-refractivity contribution in [2.45, 2.75) is 38.5 Å². The molecule has 0 amide bonds. The van der Waals surface area contributed by atoms with Crippen molar-refractivity contribution in [2.24, 2.45) is 0 Å². The van der Waals surface area contributed by atoms with E-state index in [1.807, 2.05) is 0 Å². The van der Waals surface area contributed by atoms with E-state index >= 15 is 17.6 Å². The second-order valence-electron chi connectivity index (χ2n) is 9.12. The predicted molar refractivity (Wildman–Crippen MR) is 142 cm³/mol. The fraction of sp³-hybridized carbons (Fsp3) is 0.207. The summed E-state index contributed by atoms with van der Waals surface area (Å²) in [5.74, 6) is -16.2. The number of allylic oxidation sites excluding steroid dienone is 2. The molecule has 202 valence electrons. The molecule has 39 heavy (non-hydrogen) atoms. The molecule has 0 saturated carbocycles. The van der Waals surface area contributed by atoms with Crippen molar-refractivity contribution in [2.75, 3.05) is 0 Å². The molecule has 4 aromatic rings. The van der Waals surface area contributed by atoms with Gasteiger partial charge in [-0.15, -0.1) is 22.7 Å². The zero-order chi connectivity index (χ0) is 28.3. The fourth-order valence-electron chi connectivity index (χ4n) is 4.63. The lowest BCUT2D eigenvalue weighted by Crippen LogP contribution is -2.48. The monoisotopic (exact) mass is 578 g/mol. The van der Waals surface area contributed by atoms with Crippen molar-refractivity contribution in [3.05, 3.63) is 87.6 Å². The standard InChI is InChI=1S/C29H20F6O2S2/c1-15-21(13-23(38-15)18-7-5-4-6-8-18)25-26(28(32,33)29(34,35)27(25,30)31)22-14-24(39-16(22)2)19-9-11-20(12-10-19)37-17(3)36/h4-14H,1-3H3. The van der Waals surface area contributed by atoms with Crippen molar-refractivity contribution < 1.29 is 35.9 Å². The fourth-order valence-corrected chi connectivity index (χ4v) is 6.70. The van der Waals surface area contributed by atoms with Gasteiger partial charge in [-0.2, -0.15) is 26.3 Å². The number of esters is 1. The summed E-state index contributed by atoms with van der Waals surface area (Å²) in [5.41, 5.74) is -2.23. The third-order valence-corrected chi connectivity index (χ3v) is 8.70. The molecular weight excluding hydrogens is 558 g/mol. The first-order valence-corrected chi connectivity index (χ1v) is 13.3. The minimum absolute atomic E-state index is 0.186. The van der Waals surface area contributed by atoms with E-state index in [4.69, 9.17) is 4.74 Å². The van der Waals surface area contributed by atoms with Gasteiger partial charge in [-0.3, -0.25) is 4.79 Å². The number of carbonyl (C=O) groups is 1. The first kappa shape index (κ1) is 27.2. The van der Waals surface area contributed by atoms with Crippen molar-refractivity contribution >= 4 is 39.8 Å². The molecule has 0 spiro atoms. The minimum atomic E-state index is -5.63. The van der Waals surface area contributed by atoms with Crippen LogP contribution in [0.3, 0.4) is 0 Å². The summed E-state index contributed by atoms with van der Waals surface area (Å²) < 4.78 is 96.3. The number of ether oxygens (including phenoxy) is 1. The van der Waals surface area contributed by atoms with Gasteiger partial charge in [0, 0.05) is 37.6 Å². The number of aryl methyl sites for hydroxylation is 2. The molecule has 0 N–H and O–H groups in total. The van der Waals surface area contributed by atoms with Crippen LogP contribution in [-0.4, -0.2) is 23.7 Å². The number of hydrogen-bond donors (Lipinski definition) is 0. The highest BCUT2D eigenvalue weighted by molar-refractivity contribution is 7.16. The molecule has 1 aliphatic carbocycles. The number of alkyl halides is 6. The van der Waals surface area contributed by atoms with Gasteiger partial charge in [-0.1, -0.05) is 30.3 Å². The average molecular weight is 579 g/mol. The summed E-state index contributed by atoms with van der Waals surface area (Å²) in [4.78, 5) is 12.5. The Morgan fingerprint density at radius 1 is 0.692 bits per heavy atom. The molecular formula is C29H20F6O2S2. The van der Waals surface area contributed by atoms with Gasteiger partial charge in [0.05, 0.1) is 0 Å². The van der Waals surface area contributed by atoms with Crippen LogP contribution in [-0.2, 0) is 4.79 Å². The van der Waals surface area contributed by atoms with Crippen LogP contribution in [0.4, 0.5) is 26.3 Å². The number of benzene rings is 2. The van der Waals surface area contributed by atoms with Gasteiger partial charge in [0.1, 0.15) is 5.75 Å². The van der Waals surface area contributed by atoms with Crippen LogP contribution in [0, 0.1) is 13.8 Å². The van der Waals surface area contributed by atoms with E-state index in [1.54, 1.807) is 42.5 Å². The van der Waals surface area contributed by atoms with Crippen molar-refractivity contribution in [3.63, 3.8) is 0 Å². The van der Waals surface area contributed by atoms with Crippen LogP contribution in [0.1, 0.15) is 27.8 Å².